The third-order valence-corrected chi connectivity index (χ3v) is 4.87. The number of thiazole rings is 1. The van der Waals surface area contributed by atoms with Crippen molar-refractivity contribution in [1.29, 1.82) is 0 Å². The maximum atomic E-state index is 6.10. The summed E-state index contributed by atoms with van der Waals surface area (Å²) in [5.41, 5.74) is 9.46. The third kappa shape index (κ3) is 2.05. The standard InChI is InChI=1S/C14H19N3S/c1-9-17-12-7-11(10(15)6-13(12)18-9)16-8-14(2)4-3-5-14/h6-7,16H,3-5,8,15H2,1-2H3. The van der Waals surface area contributed by atoms with Crippen molar-refractivity contribution in [3.8, 4) is 0 Å². The Hall–Kier alpha value is -1.29. The molecule has 0 atom stereocenters. The number of nitrogens with zero attached hydrogens (tertiary/aromatic N) is 1. The van der Waals surface area contributed by atoms with Gasteiger partial charge in [0.2, 0.25) is 0 Å². The summed E-state index contributed by atoms with van der Waals surface area (Å²) in [5.74, 6) is 0. The van der Waals surface area contributed by atoms with Gasteiger partial charge in [0, 0.05) is 6.54 Å². The second-order valence-corrected chi connectivity index (χ2v) is 6.89. The highest BCUT2D eigenvalue weighted by Gasteiger charge is 2.31. The summed E-state index contributed by atoms with van der Waals surface area (Å²) < 4.78 is 1.17. The minimum atomic E-state index is 0.458. The van der Waals surface area contributed by atoms with Crippen molar-refractivity contribution >= 4 is 32.9 Å². The molecule has 18 heavy (non-hydrogen) atoms. The van der Waals surface area contributed by atoms with E-state index >= 15 is 0 Å². The van der Waals surface area contributed by atoms with Crippen molar-refractivity contribution in [3.05, 3.63) is 17.1 Å². The Morgan fingerprint density at radius 3 is 2.89 bits per heavy atom. The minimum absolute atomic E-state index is 0.458. The summed E-state index contributed by atoms with van der Waals surface area (Å²) in [4.78, 5) is 4.52. The molecule has 0 spiro atoms. The van der Waals surface area contributed by atoms with E-state index in [1.165, 1.54) is 24.0 Å². The second-order valence-electron chi connectivity index (χ2n) is 5.66. The van der Waals surface area contributed by atoms with Crippen LogP contribution in [0.25, 0.3) is 10.2 Å². The van der Waals surface area contributed by atoms with Crippen molar-refractivity contribution in [2.45, 2.75) is 33.1 Å². The van der Waals surface area contributed by atoms with Crippen molar-refractivity contribution in [2.75, 3.05) is 17.6 Å². The predicted molar refractivity (Wildman–Crippen MR) is 79.2 cm³/mol. The fraction of sp³-hybridized carbons (Fsp3) is 0.500. The molecule has 96 valence electrons. The van der Waals surface area contributed by atoms with Gasteiger partial charge in [0.25, 0.3) is 0 Å². The van der Waals surface area contributed by atoms with E-state index in [1.807, 2.05) is 13.0 Å². The number of benzene rings is 1. The number of nitrogens with two attached hydrogens (primary N) is 1. The molecule has 1 aliphatic rings. The Labute approximate surface area is 111 Å². The molecule has 3 nitrogen and oxygen atoms in total. The Balaban J connectivity index is 1.84. The van der Waals surface area contributed by atoms with E-state index in [4.69, 9.17) is 5.73 Å². The minimum Gasteiger partial charge on any atom is -0.397 e. The molecule has 0 amide bonds. The molecule has 1 aliphatic carbocycles. The molecule has 1 aromatic heterocycles. The van der Waals surface area contributed by atoms with Gasteiger partial charge in [0.1, 0.15) is 0 Å². The SMILES string of the molecule is Cc1nc2cc(NCC3(C)CCC3)c(N)cc2s1. The van der Waals surface area contributed by atoms with E-state index in [0.29, 0.717) is 5.41 Å². The topological polar surface area (TPSA) is 50.9 Å². The Bertz CT molecular complexity index is 584. The van der Waals surface area contributed by atoms with E-state index in [9.17, 15) is 0 Å². The highest BCUT2D eigenvalue weighted by atomic mass is 32.1. The zero-order chi connectivity index (χ0) is 12.8. The van der Waals surface area contributed by atoms with Crippen LogP contribution in [0.5, 0.6) is 0 Å². The van der Waals surface area contributed by atoms with Crippen molar-refractivity contribution in [2.24, 2.45) is 5.41 Å². The van der Waals surface area contributed by atoms with Gasteiger partial charge in [-0.1, -0.05) is 13.3 Å². The number of anilines is 2. The van der Waals surface area contributed by atoms with E-state index in [2.05, 4.69) is 23.3 Å². The molecule has 0 radical (unpaired) electrons. The first-order valence-corrected chi connectivity index (χ1v) is 7.28. The van der Waals surface area contributed by atoms with Gasteiger partial charge >= 0.3 is 0 Å². The average Bonchev–Trinajstić information content (AvgIpc) is 2.62. The highest BCUT2D eigenvalue weighted by molar-refractivity contribution is 7.18. The van der Waals surface area contributed by atoms with Crippen LogP contribution >= 0.6 is 11.3 Å². The Kier molecular flexibility index (Phi) is 2.70. The molecule has 0 bridgehead atoms. The zero-order valence-corrected chi connectivity index (χ0v) is 11.7. The Morgan fingerprint density at radius 2 is 2.22 bits per heavy atom. The smallest absolute Gasteiger partial charge is 0.0907 e. The first kappa shape index (κ1) is 11.8. The fourth-order valence-electron chi connectivity index (χ4n) is 2.52. The van der Waals surface area contributed by atoms with Crippen LogP contribution in [0.4, 0.5) is 11.4 Å². The van der Waals surface area contributed by atoms with Gasteiger partial charge in [-0.25, -0.2) is 4.98 Å². The number of aryl methyl sites for hydroxylation is 1. The molecule has 0 unspecified atom stereocenters. The van der Waals surface area contributed by atoms with Crippen LogP contribution in [0.1, 0.15) is 31.2 Å². The summed E-state index contributed by atoms with van der Waals surface area (Å²) in [6.45, 7) is 5.38. The molecule has 3 N–H and O–H groups in total. The predicted octanol–water partition coefficient (Wildman–Crippen LogP) is 3.79. The van der Waals surface area contributed by atoms with Gasteiger partial charge in [0.05, 0.1) is 26.6 Å². The van der Waals surface area contributed by atoms with Crippen LogP contribution in [0, 0.1) is 12.3 Å². The number of fused-ring (bicyclic) bond motifs is 1. The number of nitrogen functional groups attached to an aromatic ring is 1. The van der Waals surface area contributed by atoms with Crippen molar-refractivity contribution in [3.63, 3.8) is 0 Å². The maximum Gasteiger partial charge on any atom is 0.0907 e. The van der Waals surface area contributed by atoms with Gasteiger partial charge in [-0.05, 0) is 37.3 Å². The second kappa shape index (κ2) is 4.12. The van der Waals surface area contributed by atoms with Crippen LogP contribution in [0.2, 0.25) is 0 Å². The molecular weight excluding hydrogens is 242 g/mol. The molecule has 0 aliphatic heterocycles. The lowest BCUT2D eigenvalue weighted by Crippen LogP contribution is -2.33. The van der Waals surface area contributed by atoms with Crippen LogP contribution in [0.3, 0.4) is 0 Å². The lowest BCUT2D eigenvalue weighted by Gasteiger charge is -2.38. The molecule has 2 aromatic rings. The van der Waals surface area contributed by atoms with E-state index in [-0.39, 0.29) is 0 Å². The summed E-state index contributed by atoms with van der Waals surface area (Å²) in [6, 6.07) is 4.11. The van der Waals surface area contributed by atoms with Gasteiger partial charge < -0.3 is 11.1 Å². The lowest BCUT2D eigenvalue weighted by molar-refractivity contribution is 0.180. The van der Waals surface area contributed by atoms with Crippen molar-refractivity contribution < 1.29 is 0 Å². The quantitative estimate of drug-likeness (QED) is 0.826. The molecule has 1 fully saturated rings. The number of hydrogen-bond donors (Lipinski definition) is 2. The Morgan fingerprint density at radius 1 is 1.44 bits per heavy atom. The highest BCUT2D eigenvalue weighted by Crippen LogP contribution is 2.40. The van der Waals surface area contributed by atoms with Crippen LogP contribution in [0.15, 0.2) is 12.1 Å². The van der Waals surface area contributed by atoms with Gasteiger partial charge in [-0.2, -0.15) is 0 Å². The molecule has 1 heterocycles. The molecule has 1 aromatic carbocycles. The molecule has 3 rings (SSSR count). The maximum absolute atomic E-state index is 6.10. The van der Waals surface area contributed by atoms with E-state index in [0.717, 1.165) is 28.4 Å². The summed E-state index contributed by atoms with van der Waals surface area (Å²) in [6.07, 6.45) is 3.99. The fourth-order valence-corrected chi connectivity index (χ4v) is 3.38. The number of aromatic nitrogens is 1. The van der Waals surface area contributed by atoms with E-state index < -0.39 is 0 Å². The molecule has 1 saturated carbocycles. The van der Waals surface area contributed by atoms with Gasteiger partial charge in [-0.15, -0.1) is 11.3 Å². The average molecular weight is 261 g/mol. The first-order valence-electron chi connectivity index (χ1n) is 6.46. The number of hydrogen-bond acceptors (Lipinski definition) is 4. The normalized spacial score (nSPS) is 17.7. The number of rotatable bonds is 3. The lowest BCUT2D eigenvalue weighted by atomic mass is 9.70. The summed E-state index contributed by atoms with van der Waals surface area (Å²) in [7, 11) is 0. The van der Waals surface area contributed by atoms with Crippen LogP contribution in [-0.2, 0) is 0 Å². The summed E-state index contributed by atoms with van der Waals surface area (Å²) in [5, 5.41) is 4.59. The van der Waals surface area contributed by atoms with Crippen molar-refractivity contribution in [1.82, 2.24) is 4.98 Å². The zero-order valence-electron chi connectivity index (χ0n) is 10.9. The first-order chi connectivity index (χ1) is 8.56. The van der Waals surface area contributed by atoms with Gasteiger partial charge in [0.15, 0.2) is 0 Å². The van der Waals surface area contributed by atoms with Gasteiger partial charge in [-0.3, -0.25) is 0 Å². The summed E-state index contributed by atoms with van der Waals surface area (Å²) >= 11 is 1.70. The van der Waals surface area contributed by atoms with Crippen LogP contribution < -0.4 is 11.1 Å². The molecular formula is C14H19N3S. The van der Waals surface area contributed by atoms with Crippen LogP contribution in [-0.4, -0.2) is 11.5 Å². The number of nitrogens with one attached hydrogen (secondary N) is 1. The molecule has 4 heteroatoms. The third-order valence-electron chi connectivity index (χ3n) is 3.93. The monoisotopic (exact) mass is 261 g/mol. The largest absolute Gasteiger partial charge is 0.397 e. The van der Waals surface area contributed by atoms with E-state index in [1.54, 1.807) is 11.3 Å². The molecule has 0 saturated heterocycles.